The monoisotopic (exact) mass is 516 g/mol. The zero-order valence-corrected chi connectivity index (χ0v) is 19.9. The molecule has 0 radical (unpaired) electrons. The van der Waals surface area contributed by atoms with Gasteiger partial charge in [0.15, 0.2) is 0 Å². The van der Waals surface area contributed by atoms with E-state index in [9.17, 15) is 22.8 Å². The standard InChI is InChI=1S/C24H27F3N8O2/c1-14(22(36)33-18-5-6-18)30-11-17(10-29)16(9-28)8-21-31-12-20(35-21)15-3-2-4-19(7-15)34-23(37)32-13-24(25,26)27/h2-4,7-12,14,17-18,28-29H,5-6,13H2,1H3,(H,31,35)(H,33,36)(H2,32,34,37)/b16-8+,28-9?,29-10?,30-11?. The molecule has 13 heteroatoms. The fourth-order valence-electron chi connectivity index (χ4n) is 3.13. The van der Waals surface area contributed by atoms with E-state index < -0.39 is 30.7 Å². The number of hydrogen-bond acceptors (Lipinski definition) is 6. The Hall–Kier alpha value is -4.29. The van der Waals surface area contributed by atoms with Crippen molar-refractivity contribution < 1.29 is 22.8 Å². The first-order chi connectivity index (χ1) is 17.6. The van der Waals surface area contributed by atoms with Gasteiger partial charge in [-0.15, -0.1) is 0 Å². The number of nitrogens with zero attached hydrogens (tertiary/aromatic N) is 2. The van der Waals surface area contributed by atoms with Gasteiger partial charge in [0.05, 0.1) is 17.8 Å². The number of rotatable bonds is 11. The summed E-state index contributed by atoms with van der Waals surface area (Å²) in [5, 5.41) is 22.4. The Morgan fingerprint density at radius 3 is 2.70 bits per heavy atom. The molecule has 2 aromatic rings. The van der Waals surface area contributed by atoms with Gasteiger partial charge in [-0.2, -0.15) is 13.2 Å². The molecule has 37 heavy (non-hydrogen) atoms. The first kappa shape index (κ1) is 27.3. The molecule has 196 valence electrons. The Morgan fingerprint density at radius 2 is 2.05 bits per heavy atom. The number of halogens is 3. The Balaban J connectivity index is 1.68. The summed E-state index contributed by atoms with van der Waals surface area (Å²) < 4.78 is 36.8. The van der Waals surface area contributed by atoms with Crippen LogP contribution in [0.2, 0.25) is 0 Å². The number of benzene rings is 1. The Morgan fingerprint density at radius 1 is 1.30 bits per heavy atom. The molecule has 1 aromatic carbocycles. The molecule has 0 spiro atoms. The Labute approximate surface area is 210 Å². The normalized spacial score (nSPS) is 15.6. The molecule has 1 fully saturated rings. The average molecular weight is 517 g/mol. The highest BCUT2D eigenvalue weighted by molar-refractivity contribution is 5.99. The summed E-state index contributed by atoms with van der Waals surface area (Å²) >= 11 is 0. The molecular formula is C24H27F3N8O2. The molecule has 1 aliphatic rings. The second kappa shape index (κ2) is 12.1. The van der Waals surface area contributed by atoms with Gasteiger partial charge in [0, 0.05) is 35.9 Å². The Bertz CT molecular complexity index is 1200. The zero-order chi connectivity index (χ0) is 27.0. The maximum absolute atomic E-state index is 12.3. The van der Waals surface area contributed by atoms with Crippen LogP contribution in [0.3, 0.4) is 0 Å². The fourth-order valence-corrected chi connectivity index (χ4v) is 3.13. The first-order valence-corrected chi connectivity index (χ1v) is 11.4. The number of carbonyl (C=O) groups excluding carboxylic acids is 2. The van der Waals surface area contributed by atoms with E-state index in [2.05, 4.69) is 25.6 Å². The minimum absolute atomic E-state index is 0.187. The van der Waals surface area contributed by atoms with Crippen LogP contribution >= 0.6 is 0 Å². The summed E-state index contributed by atoms with van der Waals surface area (Å²) in [6.45, 7) is 0.211. The lowest BCUT2D eigenvalue weighted by atomic mass is 10.0. The molecule has 1 saturated carbocycles. The van der Waals surface area contributed by atoms with Gasteiger partial charge in [0.25, 0.3) is 0 Å². The molecule has 6 N–H and O–H groups in total. The zero-order valence-electron chi connectivity index (χ0n) is 19.9. The van der Waals surface area contributed by atoms with Gasteiger partial charge < -0.3 is 31.8 Å². The highest BCUT2D eigenvalue weighted by Gasteiger charge is 2.28. The molecule has 1 heterocycles. The third-order valence-corrected chi connectivity index (χ3v) is 5.28. The van der Waals surface area contributed by atoms with Crippen molar-refractivity contribution in [1.82, 2.24) is 20.6 Å². The SMILES string of the molecule is CC(N=CC(C=N)/C(C=N)=C/c1ncc(-c2cccc(NC(=O)NCC(F)(F)F)c2)[nH]1)C(=O)NC1CC1. The van der Waals surface area contributed by atoms with Crippen LogP contribution < -0.4 is 16.0 Å². The molecule has 0 aliphatic heterocycles. The first-order valence-electron chi connectivity index (χ1n) is 11.4. The van der Waals surface area contributed by atoms with E-state index in [0.717, 1.165) is 25.3 Å². The number of imidazole rings is 1. The third-order valence-electron chi connectivity index (χ3n) is 5.28. The van der Waals surface area contributed by atoms with Crippen LogP contribution in [0.15, 0.2) is 41.0 Å². The second-order valence-corrected chi connectivity index (χ2v) is 8.42. The summed E-state index contributed by atoms with van der Waals surface area (Å²) in [5.74, 6) is -0.451. The van der Waals surface area contributed by atoms with Crippen molar-refractivity contribution in [3.8, 4) is 11.3 Å². The summed E-state index contributed by atoms with van der Waals surface area (Å²) in [7, 11) is 0. The van der Waals surface area contributed by atoms with Gasteiger partial charge in [0.1, 0.15) is 18.4 Å². The molecule has 3 amide bonds. The lowest BCUT2D eigenvalue weighted by molar-refractivity contribution is -0.123. The number of amides is 3. The van der Waals surface area contributed by atoms with Gasteiger partial charge in [-0.05, 0) is 43.5 Å². The van der Waals surface area contributed by atoms with Gasteiger partial charge in [-0.1, -0.05) is 12.1 Å². The van der Waals surface area contributed by atoms with Gasteiger partial charge in [0.2, 0.25) is 5.91 Å². The molecule has 0 saturated heterocycles. The van der Waals surface area contributed by atoms with E-state index >= 15 is 0 Å². The van der Waals surface area contributed by atoms with Crippen molar-refractivity contribution in [3.63, 3.8) is 0 Å². The van der Waals surface area contributed by atoms with Crippen LogP contribution in [0.5, 0.6) is 0 Å². The highest BCUT2D eigenvalue weighted by Crippen LogP contribution is 2.22. The van der Waals surface area contributed by atoms with Crippen LogP contribution in [0.4, 0.5) is 23.7 Å². The number of aliphatic imine (C=N–C) groups is 1. The van der Waals surface area contributed by atoms with Gasteiger partial charge >= 0.3 is 12.2 Å². The lowest BCUT2D eigenvalue weighted by Gasteiger charge is -2.10. The van der Waals surface area contributed by atoms with Crippen molar-refractivity contribution in [2.24, 2.45) is 10.9 Å². The largest absolute Gasteiger partial charge is 0.405 e. The molecule has 0 bridgehead atoms. The number of H-pyrrole nitrogens is 1. The van der Waals surface area contributed by atoms with Crippen LogP contribution in [0.25, 0.3) is 17.3 Å². The van der Waals surface area contributed by atoms with E-state index in [4.69, 9.17) is 10.8 Å². The molecule has 2 atom stereocenters. The topological polar surface area (TPSA) is 159 Å². The van der Waals surface area contributed by atoms with Crippen molar-refractivity contribution in [3.05, 3.63) is 41.9 Å². The number of allylic oxidation sites excluding steroid dienone is 1. The van der Waals surface area contributed by atoms with Crippen LogP contribution in [-0.2, 0) is 4.79 Å². The van der Waals surface area contributed by atoms with Crippen LogP contribution in [0, 0.1) is 16.7 Å². The van der Waals surface area contributed by atoms with E-state index in [0.29, 0.717) is 22.7 Å². The number of alkyl halides is 3. The smallest absolute Gasteiger partial charge is 0.352 e. The van der Waals surface area contributed by atoms with Crippen molar-refractivity contribution in [2.45, 2.75) is 38.0 Å². The number of aromatic amines is 1. The van der Waals surface area contributed by atoms with Crippen LogP contribution in [0.1, 0.15) is 25.6 Å². The van der Waals surface area contributed by atoms with E-state index in [1.54, 1.807) is 36.5 Å². The molecular weight excluding hydrogens is 489 g/mol. The maximum atomic E-state index is 12.3. The highest BCUT2D eigenvalue weighted by atomic mass is 19.4. The van der Waals surface area contributed by atoms with Gasteiger partial charge in [-0.25, -0.2) is 9.78 Å². The maximum Gasteiger partial charge on any atom is 0.405 e. The number of hydrogen-bond donors (Lipinski definition) is 6. The summed E-state index contributed by atoms with van der Waals surface area (Å²) in [5.41, 5.74) is 1.85. The Kier molecular flexibility index (Phi) is 8.93. The molecule has 10 nitrogen and oxygen atoms in total. The lowest BCUT2D eigenvalue weighted by Crippen LogP contribution is -2.36. The molecule has 2 unspecified atom stereocenters. The number of carbonyl (C=O) groups is 2. The predicted molar refractivity (Wildman–Crippen MR) is 135 cm³/mol. The van der Waals surface area contributed by atoms with Crippen LogP contribution in [-0.4, -0.2) is 65.4 Å². The average Bonchev–Trinajstić information content (AvgIpc) is 3.55. The number of urea groups is 1. The van der Waals surface area contributed by atoms with Crippen molar-refractivity contribution in [1.29, 1.82) is 10.8 Å². The molecule has 1 aromatic heterocycles. The third kappa shape index (κ3) is 8.70. The van der Waals surface area contributed by atoms with Crippen molar-refractivity contribution in [2.75, 3.05) is 11.9 Å². The van der Waals surface area contributed by atoms with E-state index in [1.807, 2.05) is 0 Å². The number of nitrogens with one attached hydrogen (secondary N) is 6. The minimum Gasteiger partial charge on any atom is -0.352 e. The number of aromatic nitrogens is 2. The van der Waals surface area contributed by atoms with E-state index in [-0.39, 0.29) is 17.6 Å². The molecule has 3 rings (SSSR count). The summed E-state index contributed by atoms with van der Waals surface area (Å²) in [6, 6.07) is 5.04. The predicted octanol–water partition coefficient (Wildman–Crippen LogP) is 3.80. The number of anilines is 1. The molecule has 1 aliphatic carbocycles. The minimum atomic E-state index is -4.51. The fraction of sp³-hybridized carbons (Fsp3) is 0.333. The van der Waals surface area contributed by atoms with E-state index in [1.165, 1.54) is 18.5 Å². The second-order valence-electron chi connectivity index (χ2n) is 8.42. The quantitative estimate of drug-likeness (QED) is 0.251. The van der Waals surface area contributed by atoms with Crippen molar-refractivity contribution >= 4 is 42.3 Å². The van der Waals surface area contributed by atoms with Gasteiger partial charge in [-0.3, -0.25) is 9.79 Å². The summed E-state index contributed by atoms with van der Waals surface area (Å²) in [6.07, 6.45) is 4.14. The summed E-state index contributed by atoms with van der Waals surface area (Å²) in [4.78, 5) is 35.4.